The highest BCUT2D eigenvalue weighted by Gasteiger charge is 2.47. The summed E-state index contributed by atoms with van der Waals surface area (Å²) < 4.78 is 30.5. The van der Waals surface area contributed by atoms with Crippen LogP contribution in [0.1, 0.15) is 23.2 Å². The van der Waals surface area contributed by atoms with E-state index < -0.39 is 22.1 Å². The highest BCUT2D eigenvalue weighted by molar-refractivity contribution is 7.93. The van der Waals surface area contributed by atoms with Gasteiger partial charge in [0.1, 0.15) is 5.82 Å². The Hall–Kier alpha value is -2.58. The van der Waals surface area contributed by atoms with E-state index in [9.17, 15) is 13.2 Å². The summed E-state index contributed by atoms with van der Waals surface area (Å²) in [5.41, 5.74) is 1.20. The average molecular weight is 503 g/mol. The summed E-state index contributed by atoms with van der Waals surface area (Å²) in [5.74, 6) is 0.309. The lowest BCUT2D eigenvalue weighted by Crippen LogP contribution is -2.33. The number of aromatic nitrogens is 1. The van der Waals surface area contributed by atoms with E-state index in [1.165, 1.54) is 26.3 Å². The van der Waals surface area contributed by atoms with Gasteiger partial charge in [0.15, 0.2) is 0 Å². The molecule has 2 atom stereocenters. The zero-order chi connectivity index (χ0) is 22.5. The molecule has 32 heavy (non-hydrogen) atoms. The zero-order valence-corrected chi connectivity index (χ0v) is 19.6. The Labute approximate surface area is 199 Å². The molecule has 2 aromatic heterocycles. The van der Waals surface area contributed by atoms with Gasteiger partial charge in [-0.2, -0.15) is 11.3 Å². The molecule has 0 unspecified atom stereocenters. The maximum absolute atomic E-state index is 13.8. The van der Waals surface area contributed by atoms with E-state index >= 15 is 0 Å². The Morgan fingerprint density at radius 2 is 1.38 bits per heavy atom. The lowest BCUT2D eigenvalue weighted by Gasteiger charge is -2.29. The lowest BCUT2D eigenvalue weighted by atomic mass is 9.94. The van der Waals surface area contributed by atoms with Crippen LogP contribution in [0.5, 0.6) is 0 Å². The van der Waals surface area contributed by atoms with Crippen molar-refractivity contribution >= 4 is 50.4 Å². The predicted molar refractivity (Wildman–Crippen MR) is 128 cm³/mol. The maximum Gasteiger partial charge on any atom is 0.266 e. The van der Waals surface area contributed by atoms with Crippen molar-refractivity contribution < 1.29 is 8.42 Å². The van der Waals surface area contributed by atoms with Gasteiger partial charge in [0.25, 0.3) is 15.6 Å². The molecule has 4 aromatic rings. The normalized spacial score (nSPS) is 18.0. The third-order valence-corrected chi connectivity index (χ3v) is 8.62. The first-order valence-electron chi connectivity index (χ1n) is 9.67. The summed E-state index contributed by atoms with van der Waals surface area (Å²) >= 11 is 13.5. The number of pyridine rings is 1. The third kappa shape index (κ3) is 3.46. The molecule has 3 heterocycles. The van der Waals surface area contributed by atoms with Gasteiger partial charge in [-0.1, -0.05) is 53.5 Å². The molecule has 162 valence electrons. The monoisotopic (exact) mass is 502 g/mol. The predicted octanol–water partition coefficient (Wildman–Crippen LogP) is 5.76. The van der Waals surface area contributed by atoms with Gasteiger partial charge in [0, 0.05) is 21.5 Å². The minimum absolute atomic E-state index is 0.182. The van der Waals surface area contributed by atoms with Crippen molar-refractivity contribution in [1.29, 1.82) is 0 Å². The summed E-state index contributed by atoms with van der Waals surface area (Å²) in [5, 5.41) is 4.40. The largest absolute Gasteiger partial charge is 0.284 e. The molecule has 0 N–H and O–H groups in total. The van der Waals surface area contributed by atoms with Crippen molar-refractivity contribution in [2.24, 2.45) is 0 Å². The molecular formula is C23H16Cl2N2O3S2. The van der Waals surface area contributed by atoms with Crippen LogP contribution in [-0.4, -0.2) is 13.0 Å². The first kappa shape index (κ1) is 21.3. The fraction of sp³-hybridized carbons (Fsp3) is 0.0870. The molecule has 0 saturated carbocycles. The van der Waals surface area contributed by atoms with Crippen molar-refractivity contribution in [3.8, 4) is 0 Å². The Balaban J connectivity index is 1.82. The third-order valence-electron chi connectivity index (χ3n) is 5.50. The van der Waals surface area contributed by atoms with Crippen LogP contribution in [0, 0.1) is 0 Å². The number of hydrogen-bond donors (Lipinski definition) is 0. The topological polar surface area (TPSA) is 59.4 Å². The molecule has 5 nitrogen and oxygen atoms in total. The van der Waals surface area contributed by atoms with E-state index in [4.69, 9.17) is 23.2 Å². The molecule has 0 aliphatic carbocycles. The van der Waals surface area contributed by atoms with Crippen molar-refractivity contribution in [3.05, 3.63) is 115 Å². The summed E-state index contributed by atoms with van der Waals surface area (Å²) in [6, 6.07) is 19.1. The Morgan fingerprint density at radius 1 is 0.781 bits per heavy atom. The summed E-state index contributed by atoms with van der Waals surface area (Å²) in [6.45, 7) is 0. The van der Waals surface area contributed by atoms with Gasteiger partial charge in [-0.05, 0) is 52.9 Å². The minimum atomic E-state index is -3.96. The fourth-order valence-corrected chi connectivity index (χ4v) is 7.02. The zero-order valence-electron chi connectivity index (χ0n) is 16.4. The SMILES string of the molecule is O=c1cccc2n1[C@@H](c1ccc(Cl)cc1)[C@@H](c1ccc(Cl)cc1)N2S(=O)(=O)c1ccsc1. The number of fused-ring (bicyclic) bond motifs is 1. The highest BCUT2D eigenvalue weighted by Crippen LogP contribution is 2.49. The van der Waals surface area contributed by atoms with Crippen molar-refractivity contribution in [1.82, 2.24) is 4.57 Å². The van der Waals surface area contributed by atoms with Gasteiger partial charge in [0.05, 0.1) is 17.0 Å². The first-order valence-corrected chi connectivity index (χ1v) is 12.8. The Morgan fingerprint density at radius 3 is 1.94 bits per heavy atom. The number of rotatable bonds is 4. The summed E-state index contributed by atoms with van der Waals surface area (Å²) in [6.07, 6.45) is 0. The number of nitrogens with zero attached hydrogens (tertiary/aromatic N) is 2. The standard InChI is InChI=1S/C23H16Cl2N2O3S2/c24-17-8-4-15(5-9-17)22-23(16-6-10-18(25)11-7-16)27(20-2-1-3-21(28)26(20)22)32(29,30)19-12-13-31-14-19/h1-14,22-23H/t22-,23+/m0/s1. The molecular weight excluding hydrogens is 487 g/mol. The molecule has 0 radical (unpaired) electrons. The van der Waals surface area contributed by atoms with Gasteiger partial charge in [0.2, 0.25) is 0 Å². The lowest BCUT2D eigenvalue weighted by molar-refractivity contribution is 0.530. The van der Waals surface area contributed by atoms with Gasteiger partial charge in [-0.3, -0.25) is 9.36 Å². The van der Waals surface area contributed by atoms with Gasteiger partial charge >= 0.3 is 0 Å². The number of sulfonamides is 1. The van der Waals surface area contributed by atoms with Crippen LogP contribution in [0.3, 0.4) is 0 Å². The fourth-order valence-electron chi connectivity index (χ4n) is 4.12. The van der Waals surface area contributed by atoms with Gasteiger partial charge < -0.3 is 0 Å². The molecule has 5 rings (SSSR count). The van der Waals surface area contributed by atoms with Crippen LogP contribution < -0.4 is 9.86 Å². The molecule has 0 fully saturated rings. The molecule has 0 saturated heterocycles. The van der Waals surface area contributed by atoms with E-state index in [0.29, 0.717) is 15.9 Å². The van der Waals surface area contributed by atoms with E-state index in [-0.39, 0.29) is 10.5 Å². The van der Waals surface area contributed by atoms with Crippen LogP contribution in [0.4, 0.5) is 5.82 Å². The molecule has 9 heteroatoms. The van der Waals surface area contributed by atoms with Crippen LogP contribution in [-0.2, 0) is 10.0 Å². The van der Waals surface area contributed by atoms with E-state index in [1.807, 2.05) is 12.1 Å². The Kier molecular flexibility index (Phi) is 5.37. The molecule has 2 aromatic carbocycles. The number of anilines is 1. The van der Waals surface area contributed by atoms with Crippen molar-refractivity contribution in [2.45, 2.75) is 17.0 Å². The highest BCUT2D eigenvalue weighted by atomic mass is 35.5. The minimum Gasteiger partial charge on any atom is -0.284 e. The van der Waals surface area contributed by atoms with Crippen LogP contribution in [0.15, 0.2) is 93.2 Å². The maximum atomic E-state index is 13.8. The van der Waals surface area contributed by atoms with Gasteiger partial charge in [-0.15, -0.1) is 0 Å². The second-order valence-corrected chi connectivity index (χ2v) is 10.8. The molecule has 0 spiro atoms. The number of benzene rings is 2. The second-order valence-electron chi connectivity index (χ2n) is 7.34. The van der Waals surface area contributed by atoms with E-state index in [0.717, 1.165) is 11.1 Å². The van der Waals surface area contributed by atoms with E-state index in [2.05, 4.69) is 0 Å². The number of thiophene rings is 1. The quantitative estimate of drug-likeness (QED) is 0.356. The van der Waals surface area contributed by atoms with Crippen LogP contribution >= 0.6 is 34.5 Å². The van der Waals surface area contributed by atoms with Crippen molar-refractivity contribution in [3.63, 3.8) is 0 Å². The second kappa shape index (κ2) is 8.08. The van der Waals surface area contributed by atoms with Gasteiger partial charge in [-0.25, -0.2) is 12.7 Å². The van der Waals surface area contributed by atoms with Crippen LogP contribution in [0.25, 0.3) is 0 Å². The summed E-state index contributed by atoms with van der Waals surface area (Å²) in [7, 11) is -3.96. The van der Waals surface area contributed by atoms with Crippen LogP contribution in [0.2, 0.25) is 10.0 Å². The molecule has 1 aliphatic heterocycles. The molecule has 0 amide bonds. The molecule has 0 bridgehead atoms. The Bertz CT molecular complexity index is 1430. The number of hydrogen-bond acceptors (Lipinski definition) is 4. The summed E-state index contributed by atoms with van der Waals surface area (Å²) in [4.78, 5) is 13.2. The smallest absolute Gasteiger partial charge is 0.266 e. The first-order chi connectivity index (χ1) is 15.4. The van der Waals surface area contributed by atoms with Crippen molar-refractivity contribution in [2.75, 3.05) is 4.31 Å². The number of halogens is 2. The van der Waals surface area contributed by atoms with E-state index in [1.54, 1.807) is 65.4 Å². The average Bonchev–Trinajstić information content (AvgIpc) is 3.43. The molecule has 1 aliphatic rings.